The molecule has 2 aromatic heterocycles. The number of furan rings is 1. The molecule has 4 nitrogen and oxygen atoms in total. The van der Waals surface area contributed by atoms with Crippen molar-refractivity contribution in [1.29, 1.82) is 0 Å². The Morgan fingerprint density at radius 1 is 1.00 bits per heavy atom. The third-order valence-electron chi connectivity index (χ3n) is 5.14. The zero-order valence-corrected chi connectivity index (χ0v) is 16.9. The topological polar surface area (TPSA) is 38.4 Å². The molecule has 0 aliphatic carbocycles. The van der Waals surface area contributed by atoms with Crippen molar-refractivity contribution < 1.29 is 9.21 Å². The Labute approximate surface area is 167 Å². The van der Waals surface area contributed by atoms with Crippen LogP contribution in [0.3, 0.4) is 0 Å². The molecule has 0 radical (unpaired) electrons. The molecular formula is C24H30N2O2. The molecule has 0 aliphatic heterocycles. The quantitative estimate of drug-likeness (QED) is 0.432. The van der Waals surface area contributed by atoms with Crippen LogP contribution in [0.15, 0.2) is 65.4 Å². The van der Waals surface area contributed by atoms with E-state index in [1.807, 2.05) is 59.1 Å². The van der Waals surface area contributed by atoms with Gasteiger partial charge in [-0.3, -0.25) is 4.79 Å². The minimum atomic E-state index is 0.0233. The molecule has 0 aliphatic rings. The van der Waals surface area contributed by atoms with E-state index in [4.69, 9.17) is 4.42 Å². The van der Waals surface area contributed by atoms with Crippen LogP contribution in [0.1, 0.15) is 60.0 Å². The summed E-state index contributed by atoms with van der Waals surface area (Å²) < 4.78 is 7.53. The highest BCUT2D eigenvalue weighted by atomic mass is 16.3. The number of rotatable bonds is 10. The number of unbranched alkanes of at least 4 members (excludes halogenated alkanes) is 3. The van der Waals surface area contributed by atoms with E-state index in [2.05, 4.69) is 19.1 Å². The van der Waals surface area contributed by atoms with Gasteiger partial charge in [-0.2, -0.15) is 0 Å². The van der Waals surface area contributed by atoms with Crippen molar-refractivity contribution in [3.8, 4) is 0 Å². The first-order valence-corrected chi connectivity index (χ1v) is 10.2. The predicted octanol–water partition coefficient (Wildman–Crippen LogP) is 5.58. The molecule has 0 unspecified atom stereocenters. The second-order valence-electron chi connectivity index (χ2n) is 7.36. The van der Waals surface area contributed by atoms with Crippen molar-refractivity contribution in [3.63, 3.8) is 0 Å². The standard InChI is InChI=1S/C24H30N2O2/c1-3-4-5-6-9-20-12-14-21(15-13-20)24(27)26(19-23-11-8-17-28-23)18-22-10-7-16-25(22)2/h7-8,10-17H,3-6,9,18-19H2,1-2H3. The molecule has 0 fully saturated rings. The molecule has 0 saturated carbocycles. The Kier molecular flexibility index (Phi) is 7.12. The van der Waals surface area contributed by atoms with Crippen LogP contribution in [0, 0.1) is 0 Å². The molecule has 1 aromatic carbocycles. The molecule has 0 bridgehead atoms. The summed E-state index contributed by atoms with van der Waals surface area (Å²) in [6, 6.07) is 15.9. The largest absolute Gasteiger partial charge is 0.467 e. The van der Waals surface area contributed by atoms with E-state index < -0.39 is 0 Å². The number of benzene rings is 1. The normalized spacial score (nSPS) is 10.9. The van der Waals surface area contributed by atoms with Crippen molar-refractivity contribution in [1.82, 2.24) is 9.47 Å². The average molecular weight is 379 g/mol. The molecule has 0 saturated heterocycles. The smallest absolute Gasteiger partial charge is 0.254 e. The Morgan fingerprint density at radius 3 is 2.46 bits per heavy atom. The van der Waals surface area contributed by atoms with Crippen LogP contribution in [0.2, 0.25) is 0 Å². The van der Waals surface area contributed by atoms with Crippen molar-refractivity contribution in [3.05, 3.63) is 83.6 Å². The number of carbonyl (C=O) groups is 1. The molecule has 0 atom stereocenters. The van der Waals surface area contributed by atoms with Gasteiger partial charge in [0.2, 0.25) is 0 Å². The first-order valence-electron chi connectivity index (χ1n) is 10.2. The fourth-order valence-corrected chi connectivity index (χ4v) is 3.40. The van der Waals surface area contributed by atoms with E-state index in [9.17, 15) is 4.79 Å². The van der Waals surface area contributed by atoms with E-state index in [-0.39, 0.29) is 5.91 Å². The molecule has 4 heteroatoms. The van der Waals surface area contributed by atoms with Gasteiger partial charge in [-0.1, -0.05) is 38.3 Å². The summed E-state index contributed by atoms with van der Waals surface area (Å²) in [4.78, 5) is 15.0. The molecule has 3 aromatic rings. The van der Waals surface area contributed by atoms with Crippen molar-refractivity contribution in [2.45, 2.75) is 52.1 Å². The fraction of sp³-hybridized carbons (Fsp3) is 0.375. The number of aryl methyl sites for hydroxylation is 2. The van der Waals surface area contributed by atoms with E-state index in [1.54, 1.807) is 6.26 Å². The van der Waals surface area contributed by atoms with Crippen LogP contribution < -0.4 is 0 Å². The highest BCUT2D eigenvalue weighted by Gasteiger charge is 2.19. The lowest BCUT2D eigenvalue weighted by Gasteiger charge is -2.22. The third-order valence-corrected chi connectivity index (χ3v) is 5.14. The number of nitrogens with zero attached hydrogens (tertiary/aromatic N) is 2. The number of carbonyl (C=O) groups excluding carboxylic acids is 1. The lowest BCUT2D eigenvalue weighted by atomic mass is 10.0. The lowest BCUT2D eigenvalue weighted by molar-refractivity contribution is 0.0714. The van der Waals surface area contributed by atoms with E-state index >= 15 is 0 Å². The minimum Gasteiger partial charge on any atom is -0.467 e. The Hall–Kier alpha value is -2.75. The van der Waals surface area contributed by atoms with Crippen LogP contribution in [-0.4, -0.2) is 15.4 Å². The van der Waals surface area contributed by atoms with Gasteiger partial charge in [0.1, 0.15) is 5.76 Å². The SMILES string of the molecule is CCCCCCc1ccc(C(=O)N(Cc2ccco2)Cc2cccn2C)cc1. The van der Waals surface area contributed by atoms with Crippen molar-refractivity contribution >= 4 is 5.91 Å². The van der Waals surface area contributed by atoms with E-state index in [0.29, 0.717) is 13.1 Å². The number of amides is 1. The second-order valence-corrected chi connectivity index (χ2v) is 7.36. The Bertz CT molecular complexity index is 847. The van der Waals surface area contributed by atoms with Gasteiger partial charge in [-0.25, -0.2) is 0 Å². The summed E-state index contributed by atoms with van der Waals surface area (Å²) in [5.41, 5.74) is 3.11. The summed E-state index contributed by atoms with van der Waals surface area (Å²) in [6.45, 7) is 3.22. The van der Waals surface area contributed by atoms with Gasteiger partial charge >= 0.3 is 0 Å². The van der Waals surface area contributed by atoms with Crippen molar-refractivity contribution in [2.75, 3.05) is 0 Å². The monoisotopic (exact) mass is 378 g/mol. The molecule has 148 valence electrons. The highest BCUT2D eigenvalue weighted by Crippen LogP contribution is 2.16. The molecule has 1 amide bonds. The maximum Gasteiger partial charge on any atom is 0.254 e. The van der Waals surface area contributed by atoms with Gasteiger partial charge in [0, 0.05) is 24.5 Å². The number of hydrogen-bond acceptors (Lipinski definition) is 2. The maximum atomic E-state index is 13.2. The minimum absolute atomic E-state index is 0.0233. The zero-order valence-electron chi connectivity index (χ0n) is 16.9. The molecule has 3 rings (SSSR count). The number of aromatic nitrogens is 1. The van der Waals surface area contributed by atoms with Crippen LogP contribution >= 0.6 is 0 Å². The highest BCUT2D eigenvalue weighted by molar-refractivity contribution is 5.94. The van der Waals surface area contributed by atoms with Gasteiger partial charge in [0.25, 0.3) is 5.91 Å². The Morgan fingerprint density at radius 2 is 1.82 bits per heavy atom. The van der Waals surface area contributed by atoms with E-state index in [1.165, 1.54) is 31.2 Å². The van der Waals surface area contributed by atoms with Gasteiger partial charge in [0.15, 0.2) is 0 Å². The molecule has 0 spiro atoms. The Balaban J connectivity index is 1.70. The van der Waals surface area contributed by atoms with Gasteiger partial charge < -0.3 is 13.9 Å². The predicted molar refractivity (Wildman–Crippen MR) is 112 cm³/mol. The molecular weight excluding hydrogens is 348 g/mol. The van der Waals surface area contributed by atoms with E-state index in [0.717, 1.165) is 23.4 Å². The fourth-order valence-electron chi connectivity index (χ4n) is 3.40. The molecule has 28 heavy (non-hydrogen) atoms. The van der Waals surface area contributed by atoms with Crippen molar-refractivity contribution in [2.24, 2.45) is 7.05 Å². The second kappa shape index (κ2) is 9.98. The summed E-state index contributed by atoms with van der Waals surface area (Å²) in [6.07, 6.45) is 9.74. The van der Waals surface area contributed by atoms with Gasteiger partial charge in [-0.15, -0.1) is 0 Å². The summed E-state index contributed by atoms with van der Waals surface area (Å²) >= 11 is 0. The summed E-state index contributed by atoms with van der Waals surface area (Å²) in [5.74, 6) is 0.810. The average Bonchev–Trinajstić information content (AvgIpc) is 3.37. The first kappa shape index (κ1) is 20.0. The summed E-state index contributed by atoms with van der Waals surface area (Å²) in [7, 11) is 2.00. The number of hydrogen-bond donors (Lipinski definition) is 0. The summed E-state index contributed by atoms with van der Waals surface area (Å²) in [5, 5.41) is 0. The van der Waals surface area contributed by atoms with Gasteiger partial charge in [-0.05, 0) is 54.8 Å². The maximum absolute atomic E-state index is 13.2. The molecule has 0 N–H and O–H groups in total. The van der Waals surface area contributed by atoms with Crippen LogP contribution in [0.4, 0.5) is 0 Å². The lowest BCUT2D eigenvalue weighted by Crippen LogP contribution is -2.30. The van der Waals surface area contributed by atoms with Crippen LogP contribution in [-0.2, 0) is 26.6 Å². The van der Waals surface area contributed by atoms with Crippen LogP contribution in [0.25, 0.3) is 0 Å². The molecule has 2 heterocycles. The van der Waals surface area contributed by atoms with Gasteiger partial charge in [0.05, 0.1) is 19.4 Å². The zero-order chi connectivity index (χ0) is 19.8. The van der Waals surface area contributed by atoms with Crippen LogP contribution in [0.5, 0.6) is 0 Å². The first-order chi connectivity index (χ1) is 13.7. The third kappa shape index (κ3) is 5.38.